The molecule has 2 heterocycles. The number of amides is 2. The van der Waals surface area contributed by atoms with Crippen molar-refractivity contribution >= 4 is 23.2 Å². The first-order valence-corrected chi connectivity index (χ1v) is 10.4. The predicted octanol–water partition coefficient (Wildman–Crippen LogP) is 3.64. The van der Waals surface area contributed by atoms with Gasteiger partial charge < -0.3 is 19.7 Å². The number of hydrogen-bond acceptors (Lipinski definition) is 5. The molecule has 6 nitrogen and oxygen atoms in total. The van der Waals surface area contributed by atoms with Gasteiger partial charge in [-0.1, -0.05) is 6.07 Å². The summed E-state index contributed by atoms with van der Waals surface area (Å²) in [5.41, 5.74) is 1.73. The van der Waals surface area contributed by atoms with E-state index in [1.54, 1.807) is 20.3 Å². The molecule has 3 rings (SSSR count). The average molecular weight is 403 g/mol. The molecule has 2 amide bonds. The van der Waals surface area contributed by atoms with E-state index in [1.165, 1.54) is 11.3 Å². The molecule has 1 aromatic heterocycles. The maximum Gasteiger partial charge on any atom is 0.252 e. The van der Waals surface area contributed by atoms with Gasteiger partial charge in [0, 0.05) is 30.5 Å². The maximum absolute atomic E-state index is 12.7. The first kappa shape index (κ1) is 20.2. The van der Waals surface area contributed by atoms with Gasteiger partial charge in [-0.15, -0.1) is 0 Å². The smallest absolute Gasteiger partial charge is 0.252 e. The first-order valence-electron chi connectivity index (χ1n) is 9.46. The summed E-state index contributed by atoms with van der Waals surface area (Å²) in [5.74, 6) is 1.40. The van der Waals surface area contributed by atoms with Gasteiger partial charge in [0.15, 0.2) is 11.5 Å². The van der Waals surface area contributed by atoms with Crippen molar-refractivity contribution in [1.29, 1.82) is 0 Å². The molecule has 1 unspecified atom stereocenters. The van der Waals surface area contributed by atoms with Gasteiger partial charge in [0.1, 0.15) is 0 Å². The Labute approximate surface area is 169 Å². The second kappa shape index (κ2) is 9.59. The number of methoxy groups -OCH3 is 2. The van der Waals surface area contributed by atoms with E-state index in [2.05, 4.69) is 5.32 Å². The average Bonchev–Trinajstić information content (AvgIpc) is 3.42. The highest BCUT2D eigenvalue weighted by Crippen LogP contribution is 2.37. The van der Waals surface area contributed by atoms with Crippen LogP contribution < -0.4 is 14.8 Å². The zero-order valence-corrected chi connectivity index (χ0v) is 17.1. The zero-order valence-electron chi connectivity index (χ0n) is 16.3. The molecule has 1 aromatic carbocycles. The molecule has 0 saturated carbocycles. The second-order valence-corrected chi connectivity index (χ2v) is 7.51. The number of carbonyl (C=O) groups excluding carboxylic acids is 2. The van der Waals surface area contributed by atoms with Crippen molar-refractivity contribution in [2.45, 2.75) is 31.7 Å². The zero-order chi connectivity index (χ0) is 19.9. The van der Waals surface area contributed by atoms with Gasteiger partial charge in [-0.05, 0) is 48.4 Å². The van der Waals surface area contributed by atoms with Gasteiger partial charge in [-0.25, -0.2) is 0 Å². The van der Waals surface area contributed by atoms with Crippen LogP contribution in [0.25, 0.3) is 0 Å². The van der Waals surface area contributed by atoms with Crippen LogP contribution in [0.2, 0.25) is 0 Å². The van der Waals surface area contributed by atoms with E-state index in [0.717, 1.165) is 24.9 Å². The molecule has 1 fully saturated rings. The lowest BCUT2D eigenvalue weighted by atomic mass is 10.0. The van der Waals surface area contributed by atoms with Crippen molar-refractivity contribution in [3.8, 4) is 11.5 Å². The summed E-state index contributed by atoms with van der Waals surface area (Å²) in [6, 6.07) is 7.69. The lowest BCUT2D eigenvalue weighted by Gasteiger charge is -2.26. The molecule has 2 aromatic rings. The standard InChI is InChI=1S/C21H26N2O4S/c1-26-18-8-7-15(13-19(18)27-2)17-5-4-11-23(17)20(24)6-3-10-22-21(25)16-9-12-28-14-16/h7-9,12-14,17H,3-6,10-11H2,1-2H3,(H,22,25). The Kier molecular flexibility index (Phi) is 6.92. The van der Waals surface area contributed by atoms with E-state index in [1.807, 2.05) is 33.9 Å². The number of ether oxygens (including phenoxy) is 2. The lowest BCUT2D eigenvalue weighted by molar-refractivity contribution is -0.132. The van der Waals surface area contributed by atoms with E-state index in [9.17, 15) is 9.59 Å². The number of carbonyl (C=O) groups is 2. The highest BCUT2D eigenvalue weighted by Gasteiger charge is 2.30. The molecule has 7 heteroatoms. The van der Waals surface area contributed by atoms with Crippen LogP contribution in [0, 0.1) is 0 Å². The van der Waals surface area contributed by atoms with Gasteiger partial charge in [0.05, 0.1) is 20.3 Å². The summed E-state index contributed by atoms with van der Waals surface area (Å²) in [4.78, 5) is 26.6. The minimum absolute atomic E-state index is 0.0627. The highest BCUT2D eigenvalue weighted by atomic mass is 32.1. The highest BCUT2D eigenvalue weighted by molar-refractivity contribution is 7.08. The number of nitrogens with zero attached hydrogens (tertiary/aromatic N) is 1. The van der Waals surface area contributed by atoms with Gasteiger partial charge in [-0.2, -0.15) is 11.3 Å². The van der Waals surface area contributed by atoms with Gasteiger partial charge in [-0.3, -0.25) is 9.59 Å². The molecule has 1 saturated heterocycles. The molecule has 1 atom stereocenters. The lowest BCUT2D eigenvalue weighted by Crippen LogP contribution is -2.31. The summed E-state index contributed by atoms with van der Waals surface area (Å²) in [6.45, 7) is 1.26. The molecule has 150 valence electrons. The molecule has 0 aliphatic carbocycles. The predicted molar refractivity (Wildman–Crippen MR) is 109 cm³/mol. The second-order valence-electron chi connectivity index (χ2n) is 6.73. The largest absolute Gasteiger partial charge is 0.493 e. The van der Waals surface area contributed by atoms with Gasteiger partial charge in [0.2, 0.25) is 5.91 Å². The Bertz CT molecular complexity index is 807. The van der Waals surface area contributed by atoms with Gasteiger partial charge in [0.25, 0.3) is 5.91 Å². The van der Waals surface area contributed by atoms with Crippen LogP contribution >= 0.6 is 11.3 Å². The minimum Gasteiger partial charge on any atom is -0.493 e. The summed E-state index contributed by atoms with van der Waals surface area (Å²) < 4.78 is 10.7. The van der Waals surface area contributed by atoms with Crippen LogP contribution in [0.1, 0.15) is 47.6 Å². The molecule has 0 spiro atoms. The fourth-order valence-corrected chi connectivity index (χ4v) is 4.19. The number of nitrogens with one attached hydrogen (secondary N) is 1. The Morgan fingerprint density at radius 2 is 2.04 bits per heavy atom. The van der Waals surface area contributed by atoms with E-state index in [4.69, 9.17) is 9.47 Å². The maximum atomic E-state index is 12.7. The number of benzene rings is 1. The van der Waals surface area contributed by atoms with E-state index < -0.39 is 0 Å². The van der Waals surface area contributed by atoms with Crippen molar-refractivity contribution in [1.82, 2.24) is 10.2 Å². The molecule has 1 N–H and O–H groups in total. The monoisotopic (exact) mass is 402 g/mol. The Balaban J connectivity index is 1.54. The Morgan fingerprint density at radius 1 is 1.21 bits per heavy atom. The fourth-order valence-electron chi connectivity index (χ4n) is 3.55. The third-order valence-corrected chi connectivity index (χ3v) is 5.69. The first-order chi connectivity index (χ1) is 13.6. The van der Waals surface area contributed by atoms with Crippen molar-refractivity contribution in [2.75, 3.05) is 27.3 Å². The van der Waals surface area contributed by atoms with Crippen LogP contribution in [0.15, 0.2) is 35.0 Å². The number of likely N-dealkylation sites (tertiary alicyclic amines) is 1. The normalized spacial score (nSPS) is 16.1. The van der Waals surface area contributed by atoms with Crippen molar-refractivity contribution in [3.05, 3.63) is 46.2 Å². The van der Waals surface area contributed by atoms with Crippen molar-refractivity contribution < 1.29 is 19.1 Å². The minimum atomic E-state index is -0.0851. The SMILES string of the molecule is COc1ccc(C2CCCN2C(=O)CCCNC(=O)c2ccsc2)cc1OC. The number of thiophene rings is 1. The van der Waals surface area contributed by atoms with E-state index >= 15 is 0 Å². The van der Waals surface area contributed by atoms with Crippen LogP contribution in [-0.4, -0.2) is 44.0 Å². The van der Waals surface area contributed by atoms with Crippen LogP contribution in [0.5, 0.6) is 11.5 Å². The Morgan fingerprint density at radius 3 is 2.75 bits per heavy atom. The molecule has 0 radical (unpaired) electrons. The van der Waals surface area contributed by atoms with Crippen LogP contribution in [0.4, 0.5) is 0 Å². The summed E-state index contributed by atoms with van der Waals surface area (Å²) in [5, 5.41) is 6.56. The number of rotatable bonds is 8. The summed E-state index contributed by atoms with van der Waals surface area (Å²) in [6.07, 6.45) is 2.98. The van der Waals surface area contributed by atoms with Crippen molar-refractivity contribution in [3.63, 3.8) is 0 Å². The molecule has 0 bridgehead atoms. The van der Waals surface area contributed by atoms with E-state index in [0.29, 0.717) is 36.4 Å². The van der Waals surface area contributed by atoms with E-state index in [-0.39, 0.29) is 17.9 Å². The van der Waals surface area contributed by atoms with Gasteiger partial charge >= 0.3 is 0 Å². The van der Waals surface area contributed by atoms with Crippen LogP contribution in [0.3, 0.4) is 0 Å². The van der Waals surface area contributed by atoms with Crippen molar-refractivity contribution in [2.24, 2.45) is 0 Å². The fraction of sp³-hybridized carbons (Fsp3) is 0.429. The summed E-state index contributed by atoms with van der Waals surface area (Å²) in [7, 11) is 3.23. The molecular formula is C21H26N2O4S. The topological polar surface area (TPSA) is 67.9 Å². The Hall–Kier alpha value is -2.54. The third kappa shape index (κ3) is 4.65. The van der Waals surface area contributed by atoms with Crippen LogP contribution in [-0.2, 0) is 4.79 Å². The number of hydrogen-bond donors (Lipinski definition) is 1. The molecule has 28 heavy (non-hydrogen) atoms. The summed E-state index contributed by atoms with van der Waals surface area (Å²) >= 11 is 1.49. The molecular weight excluding hydrogens is 376 g/mol. The molecule has 1 aliphatic rings. The third-order valence-electron chi connectivity index (χ3n) is 5.00. The quantitative estimate of drug-likeness (QED) is 0.685. The molecule has 1 aliphatic heterocycles.